The van der Waals surface area contributed by atoms with Gasteiger partial charge in [0.05, 0.1) is 10.5 Å². The van der Waals surface area contributed by atoms with E-state index in [-0.39, 0.29) is 15.9 Å². The second kappa shape index (κ2) is 3.73. The molecule has 1 heterocycles. The minimum atomic E-state index is -4.69. The number of alkyl halides is 3. The maximum atomic E-state index is 13.1. The molecule has 0 fully saturated rings. The van der Waals surface area contributed by atoms with Crippen molar-refractivity contribution in [2.45, 2.75) is 6.18 Å². The van der Waals surface area contributed by atoms with Gasteiger partial charge in [0.25, 0.3) is 0 Å². The van der Waals surface area contributed by atoms with E-state index in [0.717, 1.165) is 12.1 Å². The monoisotopic (exact) mass is 265 g/mol. The molecule has 0 radical (unpaired) electrons. The van der Waals surface area contributed by atoms with Crippen LogP contribution < -0.4 is 5.43 Å². The molecule has 1 aromatic heterocycles. The summed E-state index contributed by atoms with van der Waals surface area (Å²) in [6.07, 6.45) is -4.69. The summed E-state index contributed by atoms with van der Waals surface area (Å²) in [4.78, 5) is 13.4. The largest absolute Gasteiger partial charge is 0.431 e. The third-order valence-corrected chi connectivity index (χ3v) is 2.47. The normalized spacial score (nSPS) is 12.1. The lowest BCUT2D eigenvalue weighted by atomic mass is 10.2. The van der Waals surface area contributed by atoms with Gasteiger partial charge < -0.3 is 4.98 Å². The van der Waals surface area contributed by atoms with Crippen molar-refractivity contribution < 1.29 is 17.6 Å². The highest BCUT2D eigenvalue weighted by Gasteiger charge is 2.32. The highest BCUT2D eigenvalue weighted by atomic mass is 35.5. The first-order valence-electron chi connectivity index (χ1n) is 4.38. The van der Waals surface area contributed by atoms with E-state index in [4.69, 9.17) is 11.6 Å². The first-order valence-corrected chi connectivity index (χ1v) is 4.76. The minimum Gasteiger partial charge on any atom is -0.351 e. The number of pyridine rings is 1. The zero-order valence-corrected chi connectivity index (χ0v) is 8.79. The number of nitrogens with one attached hydrogen (secondary N) is 1. The highest BCUT2D eigenvalue weighted by Crippen LogP contribution is 2.28. The van der Waals surface area contributed by atoms with Crippen molar-refractivity contribution >= 4 is 22.5 Å². The van der Waals surface area contributed by atoms with E-state index in [0.29, 0.717) is 6.07 Å². The van der Waals surface area contributed by atoms with E-state index in [1.54, 1.807) is 0 Å². The summed E-state index contributed by atoms with van der Waals surface area (Å²) < 4.78 is 50.2. The number of rotatable bonds is 0. The lowest BCUT2D eigenvalue weighted by molar-refractivity contribution is -0.141. The Morgan fingerprint density at radius 2 is 1.82 bits per heavy atom. The Labute approximate surface area is 96.8 Å². The van der Waals surface area contributed by atoms with Crippen molar-refractivity contribution in [3.8, 4) is 0 Å². The second-order valence-corrected chi connectivity index (χ2v) is 3.76. The Balaban J connectivity index is 2.83. The van der Waals surface area contributed by atoms with Crippen molar-refractivity contribution in [3.05, 3.63) is 45.0 Å². The van der Waals surface area contributed by atoms with Crippen molar-refractivity contribution in [2.75, 3.05) is 0 Å². The minimum absolute atomic E-state index is 0.0931. The Morgan fingerprint density at radius 1 is 1.18 bits per heavy atom. The van der Waals surface area contributed by atoms with Gasteiger partial charge in [-0.1, -0.05) is 11.6 Å². The molecule has 2 rings (SSSR count). The van der Waals surface area contributed by atoms with Crippen molar-refractivity contribution in [3.63, 3.8) is 0 Å². The fourth-order valence-electron chi connectivity index (χ4n) is 1.40. The molecule has 0 atom stereocenters. The molecule has 0 saturated heterocycles. The summed E-state index contributed by atoms with van der Waals surface area (Å²) in [6, 6.07) is 2.16. The Hall–Kier alpha value is -1.56. The summed E-state index contributed by atoms with van der Waals surface area (Å²) in [7, 11) is 0. The van der Waals surface area contributed by atoms with Crippen LogP contribution >= 0.6 is 11.6 Å². The molecule has 0 spiro atoms. The van der Waals surface area contributed by atoms with Crippen molar-refractivity contribution in [1.82, 2.24) is 4.98 Å². The number of benzene rings is 1. The predicted molar refractivity (Wildman–Crippen MR) is 54.5 cm³/mol. The van der Waals surface area contributed by atoms with Gasteiger partial charge in [-0.15, -0.1) is 0 Å². The van der Waals surface area contributed by atoms with Crippen LogP contribution in [0.3, 0.4) is 0 Å². The van der Waals surface area contributed by atoms with Gasteiger partial charge in [0.15, 0.2) is 5.43 Å². The van der Waals surface area contributed by atoms with Crippen LogP contribution in [0.15, 0.2) is 23.0 Å². The number of aromatic amines is 1. The summed E-state index contributed by atoms with van der Waals surface area (Å²) in [5.74, 6) is -0.894. The van der Waals surface area contributed by atoms with E-state index in [9.17, 15) is 22.4 Å². The van der Waals surface area contributed by atoms with Gasteiger partial charge in [-0.3, -0.25) is 4.79 Å². The average Bonchev–Trinajstić information content (AvgIpc) is 2.19. The molecule has 0 bridgehead atoms. The molecule has 0 aliphatic rings. The number of halogens is 5. The Morgan fingerprint density at radius 3 is 2.41 bits per heavy atom. The summed E-state index contributed by atoms with van der Waals surface area (Å²) in [5, 5.41) is -0.410. The van der Waals surface area contributed by atoms with Gasteiger partial charge in [-0.05, 0) is 12.1 Å². The van der Waals surface area contributed by atoms with E-state index in [2.05, 4.69) is 0 Å². The van der Waals surface area contributed by atoms with Gasteiger partial charge in [-0.2, -0.15) is 13.2 Å². The quantitative estimate of drug-likeness (QED) is 0.728. The zero-order chi connectivity index (χ0) is 12.8. The number of aromatic nitrogens is 1. The van der Waals surface area contributed by atoms with Crippen LogP contribution in [0.25, 0.3) is 10.9 Å². The van der Waals surface area contributed by atoms with Gasteiger partial charge in [0, 0.05) is 11.5 Å². The number of H-pyrrole nitrogens is 1. The SMILES string of the molecule is O=c1cc(C(F)(F)F)[nH]c2cc(F)c(Cl)cc12. The Kier molecular flexibility index (Phi) is 2.61. The zero-order valence-electron chi connectivity index (χ0n) is 8.03. The fraction of sp³-hybridized carbons (Fsp3) is 0.100. The molecule has 17 heavy (non-hydrogen) atoms. The molecule has 0 aliphatic carbocycles. The Bertz CT molecular complexity index is 647. The molecule has 0 aliphatic heterocycles. The standard InChI is InChI=1S/C10H4ClF4NO/c11-5-1-4-7(2-6(5)12)16-9(3-8(4)17)10(13,14)15/h1-3H,(H,16,17). The van der Waals surface area contributed by atoms with Crippen LogP contribution in [0, 0.1) is 5.82 Å². The number of hydrogen-bond donors (Lipinski definition) is 1. The first-order chi connectivity index (χ1) is 7.79. The molecular formula is C10H4ClF4NO. The molecule has 1 aromatic carbocycles. The van der Waals surface area contributed by atoms with Gasteiger partial charge in [-0.25, -0.2) is 4.39 Å². The molecule has 0 amide bonds. The van der Waals surface area contributed by atoms with Crippen LogP contribution in [-0.4, -0.2) is 4.98 Å². The third-order valence-electron chi connectivity index (χ3n) is 2.18. The van der Waals surface area contributed by atoms with Crippen LogP contribution in [0.2, 0.25) is 5.02 Å². The molecular weight excluding hydrogens is 262 g/mol. The molecule has 2 nitrogen and oxygen atoms in total. The first kappa shape index (κ1) is 11.9. The van der Waals surface area contributed by atoms with Crippen molar-refractivity contribution in [1.29, 1.82) is 0 Å². The molecule has 90 valence electrons. The van der Waals surface area contributed by atoms with Crippen LogP contribution in [-0.2, 0) is 6.18 Å². The lowest BCUT2D eigenvalue weighted by Crippen LogP contribution is -2.14. The maximum absolute atomic E-state index is 13.1. The van der Waals surface area contributed by atoms with Crippen molar-refractivity contribution in [2.24, 2.45) is 0 Å². The topological polar surface area (TPSA) is 32.9 Å². The van der Waals surface area contributed by atoms with Crippen LogP contribution in [0.5, 0.6) is 0 Å². The van der Waals surface area contributed by atoms with Gasteiger partial charge >= 0.3 is 6.18 Å². The molecule has 2 aromatic rings. The molecule has 1 N–H and O–H groups in total. The smallest absolute Gasteiger partial charge is 0.351 e. The fourth-order valence-corrected chi connectivity index (χ4v) is 1.56. The second-order valence-electron chi connectivity index (χ2n) is 3.36. The molecule has 7 heteroatoms. The lowest BCUT2D eigenvalue weighted by Gasteiger charge is -2.08. The van der Waals surface area contributed by atoms with E-state index >= 15 is 0 Å². The van der Waals surface area contributed by atoms with E-state index in [1.165, 1.54) is 0 Å². The van der Waals surface area contributed by atoms with Gasteiger partial charge in [0.2, 0.25) is 0 Å². The molecule has 0 unspecified atom stereocenters. The predicted octanol–water partition coefficient (Wildman–Crippen LogP) is 3.34. The van der Waals surface area contributed by atoms with Crippen LogP contribution in [0.4, 0.5) is 17.6 Å². The average molecular weight is 266 g/mol. The summed E-state index contributed by atoms with van der Waals surface area (Å²) >= 11 is 5.44. The third kappa shape index (κ3) is 2.12. The van der Waals surface area contributed by atoms with E-state index in [1.807, 2.05) is 4.98 Å². The number of hydrogen-bond acceptors (Lipinski definition) is 1. The maximum Gasteiger partial charge on any atom is 0.431 e. The number of fused-ring (bicyclic) bond motifs is 1. The van der Waals surface area contributed by atoms with E-state index < -0.39 is 23.1 Å². The molecule has 0 saturated carbocycles. The van der Waals surface area contributed by atoms with Gasteiger partial charge in [0.1, 0.15) is 11.5 Å². The summed E-state index contributed by atoms with van der Waals surface area (Å²) in [6.45, 7) is 0. The summed E-state index contributed by atoms with van der Waals surface area (Å²) in [5.41, 5.74) is -2.34. The highest BCUT2D eigenvalue weighted by molar-refractivity contribution is 6.31. The van der Waals surface area contributed by atoms with Crippen LogP contribution in [0.1, 0.15) is 5.69 Å².